The Hall–Kier alpha value is -2.38. The van der Waals surface area contributed by atoms with E-state index >= 15 is 0 Å². The number of rotatable bonds is 4. The third-order valence-electron chi connectivity index (χ3n) is 4.52. The van der Waals surface area contributed by atoms with E-state index in [1.165, 1.54) is 0 Å². The second-order valence-electron chi connectivity index (χ2n) is 6.26. The highest BCUT2D eigenvalue weighted by Crippen LogP contribution is 2.27. The molecule has 2 heterocycles. The average molecular weight is 415 g/mol. The molecule has 0 unspecified atom stereocenters. The molecule has 0 aliphatic carbocycles. The number of hydrogen-bond donors (Lipinski definition) is 1. The molecular weight excluding hydrogens is 396 g/mol. The van der Waals surface area contributed by atoms with Gasteiger partial charge >= 0.3 is 0 Å². The molecule has 0 bridgehead atoms. The summed E-state index contributed by atoms with van der Waals surface area (Å²) in [5.41, 5.74) is 2.04. The number of phenolic OH excluding ortho intramolecular Hbond substituents is 1. The summed E-state index contributed by atoms with van der Waals surface area (Å²) in [6.07, 6.45) is 0. The van der Waals surface area contributed by atoms with E-state index in [9.17, 15) is 5.11 Å². The predicted octanol–water partition coefficient (Wildman–Crippen LogP) is 3.53. The molecule has 0 radical (unpaired) electrons. The summed E-state index contributed by atoms with van der Waals surface area (Å²) in [5, 5.41) is 17.8. The molecule has 7 heteroatoms. The lowest BCUT2D eigenvalue weighted by Gasteiger charge is -2.35. The molecule has 1 fully saturated rings. The maximum absolute atomic E-state index is 9.41. The molecule has 6 nitrogen and oxygen atoms in total. The van der Waals surface area contributed by atoms with Gasteiger partial charge in [0.05, 0.1) is 12.1 Å². The molecule has 4 rings (SSSR count). The monoisotopic (exact) mass is 414 g/mol. The van der Waals surface area contributed by atoms with Gasteiger partial charge in [-0.3, -0.25) is 4.90 Å². The Bertz CT molecular complexity index is 873. The number of phenols is 1. The molecule has 0 saturated carbocycles. The summed E-state index contributed by atoms with van der Waals surface area (Å²) in [6.45, 7) is 4.36. The van der Waals surface area contributed by atoms with E-state index in [2.05, 4.69) is 35.9 Å². The molecule has 1 aromatic heterocycles. The van der Waals surface area contributed by atoms with Gasteiger partial charge in [-0.2, -0.15) is 0 Å². The van der Waals surface area contributed by atoms with E-state index < -0.39 is 0 Å². The number of aromatic hydroxyl groups is 1. The van der Waals surface area contributed by atoms with E-state index in [4.69, 9.17) is 4.42 Å². The summed E-state index contributed by atoms with van der Waals surface area (Å²) in [4.78, 5) is 4.63. The van der Waals surface area contributed by atoms with Crippen molar-refractivity contribution in [1.82, 2.24) is 15.1 Å². The van der Waals surface area contributed by atoms with Crippen LogP contribution in [0.15, 0.2) is 57.4 Å². The lowest BCUT2D eigenvalue weighted by atomic mass is 10.2. The first kappa shape index (κ1) is 17.1. The van der Waals surface area contributed by atoms with Crippen LogP contribution in [0.5, 0.6) is 5.75 Å². The van der Waals surface area contributed by atoms with Crippen LogP contribution in [-0.2, 0) is 6.54 Å². The molecule has 1 aliphatic rings. The maximum atomic E-state index is 9.41. The number of nitrogens with zero attached hydrogens (tertiary/aromatic N) is 4. The number of aromatic nitrogens is 2. The SMILES string of the molecule is Oc1ccc(N2CCN(Cc3nnc(-c4ccccc4Br)o3)CC2)cc1. The standard InChI is InChI=1S/C19H19BrN4O2/c20-17-4-2-1-3-16(17)19-22-21-18(26-19)13-23-9-11-24(12-10-23)14-5-7-15(25)8-6-14/h1-8,25H,9-13H2. The van der Waals surface area contributed by atoms with Crippen molar-refractivity contribution in [3.8, 4) is 17.2 Å². The highest BCUT2D eigenvalue weighted by Gasteiger charge is 2.20. The van der Waals surface area contributed by atoms with Crippen molar-refractivity contribution >= 4 is 21.6 Å². The van der Waals surface area contributed by atoms with Gasteiger partial charge in [-0.25, -0.2) is 0 Å². The van der Waals surface area contributed by atoms with Gasteiger partial charge in [0, 0.05) is 36.3 Å². The molecule has 26 heavy (non-hydrogen) atoms. The topological polar surface area (TPSA) is 65.6 Å². The van der Waals surface area contributed by atoms with E-state index in [1.54, 1.807) is 12.1 Å². The molecule has 0 atom stereocenters. The van der Waals surface area contributed by atoms with Crippen LogP contribution < -0.4 is 4.90 Å². The van der Waals surface area contributed by atoms with Crippen LogP contribution in [0.25, 0.3) is 11.5 Å². The van der Waals surface area contributed by atoms with Crippen molar-refractivity contribution in [2.45, 2.75) is 6.54 Å². The van der Waals surface area contributed by atoms with Gasteiger partial charge in [-0.05, 0) is 52.3 Å². The fraction of sp³-hybridized carbons (Fsp3) is 0.263. The smallest absolute Gasteiger partial charge is 0.248 e. The second-order valence-corrected chi connectivity index (χ2v) is 7.11. The average Bonchev–Trinajstić information content (AvgIpc) is 3.12. The predicted molar refractivity (Wildman–Crippen MR) is 103 cm³/mol. The summed E-state index contributed by atoms with van der Waals surface area (Å²) in [6, 6.07) is 15.2. The van der Waals surface area contributed by atoms with Crippen molar-refractivity contribution < 1.29 is 9.52 Å². The Morgan fingerprint density at radius 2 is 1.69 bits per heavy atom. The minimum Gasteiger partial charge on any atom is -0.508 e. The quantitative estimate of drug-likeness (QED) is 0.704. The van der Waals surface area contributed by atoms with E-state index in [0.29, 0.717) is 24.1 Å². The molecule has 0 spiro atoms. The largest absolute Gasteiger partial charge is 0.508 e. The second kappa shape index (κ2) is 7.47. The van der Waals surface area contributed by atoms with Crippen LogP contribution in [0.4, 0.5) is 5.69 Å². The van der Waals surface area contributed by atoms with Gasteiger partial charge in [0.25, 0.3) is 0 Å². The van der Waals surface area contributed by atoms with Crippen LogP contribution >= 0.6 is 15.9 Å². The van der Waals surface area contributed by atoms with Gasteiger partial charge in [0.15, 0.2) is 0 Å². The van der Waals surface area contributed by atoms with Crippen LogP contribution in [0.3, 0.4) is 0 Å². The zero-order valence-electron chi connectivity index (χ0n) is 14.2. The fourth-order valence-electron chi connectivity index (χ4n) is 3.08. The van der Waals surface area contributed by atoms with Gasteiger partial charge < -0.3 is 14.4 Å². The van der Waals surface area contributed by atoms with Gasteiger partial charge in [0.1, 0.15) is 5.75 Å². The summed E-state index contributed by atoms with van der Waals surface area (Å²) in [7, 11) is 0. The highest BCUT2D eigenvalue weighted by molar-refractivity contribution is 9.10. The number of piperazine rings is 1. The molecule has 1 aliphatic heterocycles. The third kappa shape index (κ3) is 3.73. The van der Waals surface area contributed by atoms with Crippen LogP contribution in [-0.4, -0.2) is 46.4 Å². The number of anilines is 1. The summed E-state index contributed by atoms with van der Waals surface area (Å²) >= 11 is 3.51. The van der Waals surface area contributed by atoms with Gasteiger partial charge in [-0.1, -0.05) is 12.1 Å². The Kier molecular flexibility index (Phi) is 4.90. The van der Waals surface area contributed by atoms with Crippen molar-refractivity contribution in [2.75, 3.05) is 31.1 Å². The van der Waals surface area contributed by atoms with Crippen LogP contribution in [0, 0.1) is 0 Å². The van der Waals surface area contributed by atoms with Gasteiger partial charge in [0.2, 0.25) is 11.8 Å². The normalized spacial score (nSPS) is 15.3. The zero-order valence-corrected chi connectivity index (χ0v) is 15.8. The Balaban J connectivity index is 1.36. The van der Waals surface area contributed by atoms with Crippen molar-refractivity contribution in [1.29, 1.82) is 0 Å². The molecule has 3 aromatic rings. The minimum atomic E-state index is 0.296. The lowest BCUT2D eigenvalue weighted by Crippen LogP contribution is -2.46. The molecule has 134 valence electrons. The number of benzene rings is 2. The molecular formula is C19H19BrN4O2. The minimum absolute atomic E-state index is 0.296. The van der Waals surface area contributed by atoms with Crippen molar-refractivity contribution in [3.05, 3.63) is 58.9 Å². The lowest BCUT2D eigenvalue weighted by molar-refractivity contribution is 0.227. The van der Waals surface area contributed by atoms with Gasteiger partial charge in [-0.15, -0.1) is 10.2 Å². The molecule has 2 aromatic carbocycles. The Labute approximate surface area is 160 Å². The summed E-state index contributed by atoms with van der Waals surface area (Å²) in [5.74, 6) is 1.47. The van der Waals surface area contributed by atoms with E-state index in [-0.39, 0.29) is 0 Å². The summed E-state index contributed by atoms with van der Waals surface area (Å²) < 4.78 is 6.78. The zero-order chi connectivity index (χ0) is 17.9. The first-order valence-electron chi connectivity index (χ1n) is 8.53. The first-order valence-corrected chi connectivity index (χ1v) is 9.32. The fourth-order valence-corrected chi connectivity index (χ4v) is 3.53. The van der Waals surface area contributed by atoms with Crippen molar-refractivity contribution in [3.63, 3.8) is 0 Å². The molecule has 1 saturated heterocycles. The highest BCUT2D eigenvalue weighted by atomic mass is 79.9. The van der Waals surface area contributed by atoms with E-state index in [1.807, 2.05) is 36.4 Å². The molecule has 1 N–H and O–H groups in total. The maximum Gasteiger partial charge on any atom is 0.248 e. The van der Waals surface area contributed by atoms with Crippen molar-refractivity contribution in [2.24, 2.45) is 0 Å². The van der Waals surface area contributed by atoms with Crippen LogP contribution in [0.2, 0.25) is 0 Å². The first-order chi connectivity index (χ1) is 12.7. The third-order valence-corrected chi connectivity index (χ3v) is 5.21. The molecule has 0 amide bonds. The van der Waals surface area contributed by atoms with E-state index in [0.717, 1.165) is 41.9 Å². The number of hydrogen-bond acceptors (Lipinski definition) is 6. The van der Waals surface area contributed by atoms with Crippen LogP contribution in [0.1, 0.15) is 5.89 Å². The Morgan fingerprint density at radius 3 is 2.42 bits per heavy atom. The Morgan fingerprint density at radius 1 is 0.962 bits per heavy atom. The number of halogens is 1.